The maximum atomic E-state index is 13.2. The number of sulfone groups is 1. The van der Waals surface area contributed by atoms with Crippen LogP contribution in [0.25, 0.3) is 10.2 Å². The number of anilines is 1. The predicted molar refractivity (Wildman–Crippen MR) is 136 cm³/mol. The molecule has 34 heavy (non-hydrogen) atoms. The van der Waals surface area contributed by atoms with Crippen LogP contribution < -0.4 is 14.4 Å². The Morgan fingerprint density at radius 3 is 2.38 bits per heavy atom. The molecule has 0 fully saturated rings. The number of thiazole rings is 1. The molecule has 11 heteroatoms. The van der Waals surface area contributed by atoms with Gasteiger partial charge in [-0.05, 0) is 56.9 Å². The second kappa shape index (κ2) is 11.4. The Kier molecular flexibility index (Phi) is 8.75. The van der Waals surface area contributed by atoms with Crippen LogP contribution >= 0.6 is 22.9 Å². The molecule has 3 aromatic rings. The summed E-state index contributed by atoms with van der Waals surface area (Å²) < 4.78 is 36.6. The van der Waals surface area contributed by atoms with Gasteiger partial charge in [0.1, 0.15) is 17.0 Å². The van der Waals surface area contributed by atoms with Crippen LogP contribution in [0.2, 0.25) is 5.02 Å². The Morgan fingerprint density at radius 1 is 1.06 bits per heavy atom. The first-order chi connectivity index (χ1) is 16.2. The number of fused-ring (bicyclic) bond motifs is 1. The number of likely N-dealkylation sites (N-methyl/N-ethyl adjacent to an activating group) is 1. The number of nitrogens with zero attached hydrogens (tertiary/aromatic N) is 3. The van der Waals surface area contributed by atoms with Crippen LogP contribution in [0.5, 0.6) is 11.5 Å². The van der Waals surface area contributed by atoms with Crippen molar-refractivity contribution < 1.29 is 22.7 Å². The summed E-state index contributed by atoms with van der Waals surface area (Å²) in [6.45, 7) is 1.04. The first-order valence-electron chi connectivity index (χ1n) is 10.6. The summed E-state index contributed by atoms with van der Waals surface area (Å²) in [5.41, 5.74) is 0.597. The van der Waals surface area contributed by atoms with Gasteiger partial charge in [-0.1, -0.05) is 22.9 Å². The molecule has 1 amide bonds. The van der Waals surface area contributed by atoms with Crippen LogP contribution in [0, 0.1) is 0 Å². The number of aromatic nitrogens is 1. The number of halogens is 1. The van der Waals surface area contributed by atoms with Crippen molar-refractivity contribution in [1.29, 1.82) is 0 Å². The summed E-state index contributed by atoms with van der Waals surface area (Å²) in [5, 5.41) is 1.04. The number of carbonyl (C=O) groups excluding carboxylic acids is 1. The second-order valence-corrected chi connectivity index (χ2v) is 11.4. The number of amides is 1. The maximum Gasteiger partial charge on any atom is 0.228 e. The molecule has 0 saturated carbocycles. The summed E-state index contributed by atoms with van der Waals surface area (Å²) in [5.74, 6) is 0.832. The van der Waals surface area contributed by atoms with Gasteiger partial charge in [-0.2, -0.15) is 0 Å². The fourth-order valence-electron chi connectivity index (χ4n) is 3.30. The average Bonchev–Trinajstić information content (AvgIpc) is 3.25. The topological polar surface area (TPSA) is 89.0 Å². The fourth-order valence-corrected chi connectivity index (χ4v) is 5.91. The van der Waals surface area contributed by atoms with Gasteiger partial charge in [0.2, 0.25) is 5.91 Å². The third kappa shape index (κ3) is 6.18. The van der Waals surface area contributed by atoms with E-state index in [1.54, 1.807) is 36.3 Å². The van der Waals surface area contributed by atoms with Crippen molar-refractivity contribution in [3.05, 3.63) is 41.4 Å². The average molecular weight is 526 g/mol. The lowest BCUT2D eigenvalue weighted by atomic mass is 10.3. The van der Waals surface area contributed by atoms with Crippen LogP contribution in [0.15, 0.2) is 41.3 Å². The molecule has 1 aromatic heterocycles. The largest absolute Gasteiger partial charge is 0.497 e. The van der Waals surface area contributed by atoms with Gasteiger partial charge in [0.25, 0.3) is 0 Å². The standard InChI is InChI=1S/C23H28ClN3O5S2/c1-26(2)13-14-27(23-25-21-19(32-4)12-11-18(24)22(21)33-23)20(28)6-5-15-34(29,30)17-9-7-16(31-3)8-10-17/h7-12H,5-6,13-15H2,1-4H3. The molecule has 0 aliphatic heterocycles. The number of hydrogen-bond donors (Lipinski definition) is 0. The van der Waals surface area contributed by atoms with Crippen LogP contribution in [0.4, 0.5) is 5.13 Å². The molecule has 1 heterocycles. The molecule has 0 aliphatic rings. The number of rotatable bonds is 11. The van der Waals surface area contributed by atoms with Crippen molar-refractivity contribution in [2.24, 2.45) is 0 Å². The zero-order valence-electron chi connectivity index (χ0n) is 19.6. The molecule has 0 unspecified atom stereocenters. The van der Waals surface area contributed by atoms with Crippen molar-refractivity contribution >= 4 is 54.0 Å². The van der Waals surface area contributed by atoms with E-state index in [0.717, 1.165) is 4.70 Å². The first-order valence-corrected chi connectivity index (χ1v) is 13.5. The molecular weight excluding hydrogens is 498 g/mol. The van der Waals surface area contributed by atoms with Crippen LogP contribution in [-0.4, -0.2) is 71.4 Å². The lowest BCUT2D eigenvalue weighted by Gasteiger charge is -2.22. The van der Waals surface area contributed by atoms with Gasteiger partial charge in [0.15, 0.2) is 15.0 Å². The molecule has 0 radical (unpaired) electrons. The van der Waals surface area contributed by atoms with E-state index in [0.29, 0.717) is 40.3 Å². The SMILES string of the molecule is COc1ccc(S(=O)(=O)CCCC(=O)N(CCN(C)C)c2nc3c(OC)ccc(Cl)c3s2)cc1. The van der Waals surface area contributed by atoms with E-state index in [1.807, 2.05) is 19.0 Å². The molecule has 0 spiro atoms. The number of hydrogen-bond acceptors (Lipinski definition) is 8. The zero-order chi connectivity index (χ0) is 24.9. The molecule has 0 N–H and O–H groups in total. The summed E-state index contributed by atoms with van der Waals surface area (Å²) in [6, 6.07) is 9.71. The lowest BCUT2D eigenvalue weighted by molar-refractivity contribution is -0.118. The molecule has 2 aromatic carbocycles. The Balaban J connectivity index is 1.76. The van der Waals surface area contributed by atoms with E-state index in [1.165, 1.54) is 30.6 Å². The van der Waals surface area contributed by atoms with Crippen LogP contribution in [0.1, 0.15) is 12.8 Å². The highest BCUT2D eigenvalue weighted by Crippen LogP contribution is 2.38. The highest BCUT2D eigenvalue weighted by Gasteiger charge is 2.23. The van der Waals surface area contributed by atoms with Gasteiger partial charge >= 0.3 is 0 Å². The monoisotopic (exact) mass is 525 g/mol. The van der Waals surface area contributed by atoms with Crippen molar-refractivity contribution in [2.75, 3.05) is 52.1 Å². The number of ether oxygens (including phenoxy) is 2. The molecule has 8 nitrogen and oxygen atoms in total. The lowest BCUT2D eigenvalue weighted by Crippen LogP contribution is -2.36. The van der Waals surface area contributed by atoms with Crippen LogP contribution in [0.3, 0.4) is 0 Å². The van der Waals surface area contributed by atoms with E-state index in [4.69, 9.17) is 21.1 Å². The number of benzene rings is 2. The Morgan fingerprint density at radius 2 is 1.76 bits per heavy atom. The Bertz CT molecular complexity index is 1240. The summed E-state index contributed by atoms with van der Waals surface area (Å²) in [7, 11) is 3.40. The normalized spacial score (nSPS) is 11.7. The van der Waals surface area contributed by atoms with E-state index in [9.17, 15) is 13.2 Å². The van der Waals surface area contributed by atoms with Crippen molar-refractivity contribution in [2.45, 2.75) is 17.7 Å². The number of methoxy groups -OCH3 is 2. The minimum atomic E-state index is -3.51. The third-order valence-electron chi connectivity index (χ3n) is 5.19. The third-order valence-corrected chi connectivity index (χ3v) is 8.55. The molecule has 0 saturated heterocycles. The molecule has 0 bridgehead atoms. The van der Waals surface area contributed by atoms with Gasteiger partial charge in [-0.3, -0.25) is 9.69 Å². The second-order valence-electron chi connectivity index (χ2n) is 7.87. The highest BCUT2D eigenvalue weighted by molar-refractivity contribution is 7.91. The molecule has 0 atom stereocenters. The maximum absolute atomic E-state index is 13.2. The van der Waals surface area contributed by atoms with Gasteiger partial charge in [0, 0.05) is 19.5 Å². The van der Waals surface area contributed by atoms with E-state index in [-0.39, 0.29) is 29.4 Å². The van der Waals surface area contributed by atoms with Crippen molar-refractivity contribution in [3.8, 4) is 11.5 Å². The van der Waals surface area contributed by atoms with Gasteiger partial charge in [-0.25, -0.2) is 13.4 Å². The van der Waals surface area contributed by atoms with Crippen molar-refractivity contribution in [1.82, 2.24) is 9.88 Å². The first kappa shape index (κ1) is 26.2. The van der Waals surface area contributed by atoms with Gasteiger partial charge < -0.3 is 14.4 Å². The summed E-state index contributed by atoms with van der Waals surface area (Å²) in [6.07, 6.45) is 0.268. The Labute approximate surface area is 209 Å². The molecule has 184 valence electrons. The molecule has 3 rings (SSSR count). The van der Waals surface area contributed by atoms with Gasteiger partial charge in [-0.15, -0.1) is 0 Å². The summed E-state index contributed by atoms with van der Waals surface area (Å²) in [4.78, 5) is 21.6. The molecular formula is C23H28ClN3O5S2. The van der Waals surface area contributed by atoms with E-state index < -0.39 is 9.84 Å². The van der Waals surface area contributed by atoms with E-state index in [2.05, 4.69) is 4.98 Å². The van der Waals surface area contributed by atoms with E-state index >= 15 is 0 Å². The van der Waals surface area contributed by atoms with Gasteiger partial charge in [0.05, 0.1) is 34.6 Å². The Hall–Kier alpha value is -2.40. The fraction of sp³-hybridized carbons (Fsp3) is 0.391. The molecule has 0 aliphatic carbocycles. The smallest absolute Gasteiger partial charge is 0.228 e. The zero-order valence-corrected chi connectivity index (χ0v) is 22.0. The highest BCUT2D eigenvalue weighted by atomic mass is 35.5. The minimum absolute atomic E-state index is 0.0730. The van der Waals surface area contributed by atoms with Crippen molar-refractivity contribution in [3.63, 3.8) is 0 Å². The summed E-state index contributed by atoms with van der Waals surface area (Å²) >= 11 is 7.67. The predicted octanol–water partition coefficient (Wildman–Crippen LogP) is 4.12. The van der Waals surface area contributed by atoms with Crippen LogP contribution in [-0.2, 0) is 14.6 Å². The quantitative estimate of drug-likeness (QED) is 0.372. The minimum Gasteiger partial charge on any atom is -0.497 e. The number of carbonyl (C=O) groups is 1.